The number of aliphatic carboxylic acids is 1. The van der Waals surface area contributed by atoms with Crippen LogP contribution in [0, 0.1) is 0 Å². The quantitative estimate of drug-likeness (QED) is 0.868. The van der Waals surface area contributed by atoms with Gasteiger partial charge in [0.1, 0.15) is 0 Å². The second-order valence-corrected chi connectivity index (χ2v) is 5.69. The van der Waals surface area contributed by atoms with Gasteiger partial charge < -0.3 is 10.1 Å². The molecule has 100 valence electrons. The Labute approximate surface area is 116 Å². The van der Waals surface area contributed by atoms with Crippen molar-refractivity contribution in [2.24, 2.45) is 0 Å². The number of hydrogen-bond donors (Lipinski definition) is 2. The minimum atomic E-state index is -0.805. The van der Waals surface area contributed by atoms with Crippen LogP contribution in [-0.2, 0) is 10.2 Å². The maximum atomic E-state index is 11.8. The number of benzene rings is 1. The number of rotatable bonds is 2. The molecule has 0 bridgehead atoms. The Balaban J connectivity index is 2.19. The number of hydrogen-bond acceptors (Lipinski definition) is 1. The molecule has 0 aliphatic heterocycles. The lowest BCUT2D eigenvalue weighted by atomic mass is 9.69. The molecule has 3 nitrogen and oxygen atoms in total. The van der Waals surface area contributed by atoms with Gasteiger partial charge in [0, 0.05) is 17.1 Å². The zero-order valence-corrected chi connectivity index (χ0v) is 11.3. The van der Waals surface area contributed by atoms with Gasteiger partial charge in [0.25, 0.3) is 0 Å². The van der Waals surface area contributed by atoms with Crippen molar-refractivity contribution in [3.05, 3.63) is 35.0 Å². The van der Waals surface area contributed by atoms with Gasteiger partial charge >= 0.3 is 5.97 Å². The van der Waals surface area contributed by atoms with Crippen LogP contribution in [-0.4, -0.2) is 16.1 Å². The number of aromatic amines is 1. The first kappa shape index (κ1) is 12.5. The summed E-state index contributed by atoms with van der Waals surface area (Å²) in [6.45, 7) is 0. The van der Waals surface area contributed by atoms with Crippen LogP contribution in [0.1, 0.15) is 37.7 Å². The van der Waals surface area contributed by atoms with Gasteiger partial charge in [-0.1, -0.05) is 36.9 Å². The smallest absolute Gasteiger partial charge is 0.314 e. The Morgan fingerprint density at radius 2 is 1.95 bits per heavy atom. The SMILES string of the molecule is O=C(O)C1(c2ccc3[nH]ccc3c2Cl)CCCCC1. The van der Waals surface area contributed by atoms with Crippen molar-refractivity contribution in [3.8, 4) is 0 Å². The molecule has 1 aliphatic rings. The molecule has 2 aromatic rings. The molecule has 0 saturated heterocycles. The van der Waals surface area contributed by atoms with Crippen LogP contribution < -0.4 is 0 Å². The zero-order chi connectivity index (χ0) is 13.5. The highest BCUT2D eigenvalue weighted by atomic mass is 35.5. The van der Waals surface area contributed by atoms with Crippen molar-refractivity contribution in [2.45, 2.75) is 37.5 Å². The van der Waals surface area contributed by atoms with E-state index in [0.717, 1.165) is 35.7 Å². The number of fused-ring (bicyclic) bond motifs is 1. The molecule has 0 amide bonds. The van der Waals surface area contributed by atoms with Gasteiger partial charge in [-0.05, 0) is 30.5 Å². The predicted molar refractivity (Wildman–Crippen MR) is 75.7 cm³/mol. The fourth-order valence-electron chi connectivity index (χ4n) is 3.22. The summed E-state index contributed by atoms with van der Waals surface area (Å²) in [5, 5.41) is 11.2. The van der Waals surface area contributed by atoms with E-state index in [1.54, 1.807) is 0 Å². The molecule has 0 unspecified atom stereocenters. The molecule has 1 heterocycles. The molecule has 2 N–H and O–H groups in total. The zero-order valence-electron chi connectivity index (χ0n) is 10.6. The number of nitrogens with one attached hydrogen (secondary N) is 1. The summed E-state index contributed by atoms with van der Waals surface area (Å²) in [4.78, 5) is 14.9. The standard InChI is InChI=1S/C15H16ClNO2/c16-13-10-6-9-17-12(10)5-4-11(13)15(14(18)19)7-2-1-3-8-15/h4-6,9,17H,1-3,7-8H2,(H,18,19). The predicted octanol–water partition coefficient (Wildman–Crippen LogP) is 4.11. The fourth-order valence-corrected chi connectivity index (χ4v) is 3.63. The van der Waals surface area contributed by atoms with Crippen molar-refractivity contribution in [1.82, 2.24) is 4.98 Å². The second kappa shape index (κ2) is 4.57. The summed E-state index contributed by atoms with van der Waals surface area (Å²) in [7, 11) is 0. The molecule has 0 atom stereocenters. The average Bonchev–Trinajstić information content (AvgIpc) is 2.89. The summed E-state index contributed by atoms with van der Waals surface area (Å²) in [5.41, 5.74) is 0.916. The number of aromatic nitrogens is 1. The maximum Gasteiger partial charge on any atom is 0.314 e. The van der Waals surface area contributed by atoms with Crippen LogP contribution in [0.2, 0.25) is 5.02 Å². The maximum absolute atomic E-state index is 11.8. The molecule has 0 radical (unpaired) electrons. The lowest BCUT2D eigenvalue weighted by Crippen LogP contribution is -2.38. The van der Waals surface area contributed by atoms with Gasteiger partial charge in [-0.3, -0.25) is 4.79 Å². The Hall–Kier alpha value is -1.48. The van der Waals surface area contributed by atoms with Gasteiger partial charge in [-0.2, -0.15) is 0 Å². The van der Waals surface area contributed by atoms with E-state index in [1.807, 2.05) is 24.4 Å². The fraction of sp³-hybridized carbons (Fsp3) is 0.400. The first-order chi connectivity index (χ1) is 9.15. The molecular weight excluding hydrogens is 262 g/mol. The van der Waals surface area contributed by atoms with Crippen LogP contribution in [0.25, 0.3) is 10.9 Å². The minimum absolute atomic E-state index is 0.586. The monoisotopic (exact) mass is 277 g/mol. The largest absolute Gasteiger partial charge is 0.481 e. The topological polar surface area (TPSA) is 53.1 Å². The van der Waals surface area contributed by atoms with Crippen molar-refractivity contribution in [3.63, 3.8) is 0 Å². The Morgan fingerprint density at radius 1 is 1.21 bits per heavy atom. The normalized spacial score (nSPS) is 18.6. The van der Waals surface area contributed by atoms with Gasteiger partial charge in [0.2, 0.25) is 0 Å². The van der Waals surface area contributed by atoms with Crippen LogP contribution in [0.15, 0.2) is 24.4 Å². The summed E-state index contributed by atoms with van der Waals surface area (Å²) in [5.74, 6) is -0.746. The van der Waals surface area contributed by atoms with Crippen LogP contribution in [0.5, 0.6) is 0 Å². The first-order valence-electron chi connectivity index (χ1n) is 6.65. The van der Waals surface area contributed by atoms with Crippen LogP contribution >= 0.6 is 11.6 Å². The third-order valence-corrected chi connectivity index (χ3v) is 4.71. The summed E-state index contributed by atoms with van der Waals surface area (Å²) < 4.78 is 0. The summed E-state index contributed by atoms with van der Waals surface area (Å²) in [6.07, 6.45) is 6.20. The van der Waals surface area contributed by atoms with E-state index < -0.39 is 11.4 Å². The Bertz CT molecular complexity index is 626. The lowest BCUT2D eigenvalue weighted by molar-refractivity contribution is -0.145. The third kappa shape index (κ3) is 1.84. The second-order valence-electron chi connectivity index (χ2n) is 5.31. The molecule has 1 fully saturated rings. The lowest BCUT2D eigenvalue weighted by Gasteiger charge is -2.34. The molecule has 1 saturated carbocycles. The molecule has 1 aromatic carbocycles. The van der Waals surface area contributed by atoms with Gasteiger partial charge in [0.15, 0.2) is 0 Å². The van der Waals surface area contributed by atoms with Gasteiger partial charge in [-0.25, -0.2) is 0 Å². The highest BCUT2D eigenvalue weighted by Gasteiger charge is 2.42. The Kier molecular flexibility index (Phi) is 3.02. The Morgan fingerprint density at radius 3 is 2.63 bits per heavy atom. The molecule has 0 spiro atoms. The number of carboxylic acids is 1. The highest BCUT2D eigenvalue weighted by molar-refractivity contribution is 6.36. The van der Waals surface area contributed by atoms with E-state index in [1.165, 1.54) is 0 Å². The molecule has 1 aromatic heterocycles. The van der Waals surface area contributed by atoms with E-state index in [-0.39, 0.29) is 0 Å². The number of carbonyl (C=O) groups is 1. The average molecular weight is 278 g/mol. The van der Waals surface area contributed by atoms with E-state index in [4.69, 9.17) is 11.6 Å². The third-order valence-electron chi connectivity index (χ3n) is 4.30. The number of H-pyrrole nitrogens is 1. The summed E-state index contributed by atoms with van der Waals surface area (Å²) in [6, 6.07) is 5.70. The van der Waals surface area contributed by atoms with Crippen LogP contribution in [0.4, 0.5) is 0 Å². The van der Waals surface area contributed by atoms with E-state index in [0.29, 0.717) is 17.9 Å². The number of halogens is 1. The highest BCUT2D eigenvalue weighted by Crippen LogP contribution is 2.44. The molecule has 3 rings (SSSR count). The van der Waals surface area contributed by atoms with Crippen molar-refractivity contribution >= 4 is 28.5 Å². The number of carboxylic acid groups (broad SMARTS) is 1. The summed E-state index contributed by atoms with van der Waals surface area (Å²) >= 11 is 6.47. The van der Waals surface area contributed by atoms with E-state index in [9.17, 15) is 9.90 Å². The molecule has 4 heteroatoms. The molecular formula is C15H16ClNO2. The van der Waals surface area contributed by atoms with Crippen molar-refractivity contribution < 1.29 is 9.90 Å². The molecule has 19 heavy (non-hydrogen) atoms. The van der Waals surface area contributed by atoms with E-state index >= 15 is 0 Å². The molecule has 1 aliphatic carbocycles. The minimum Gasteiger partial charge on any atom is -0.481 e. The van der Waals surface area contributed by atoms with Gasteiger partial charge in [0.05, 0.1) is 10.4 Å². The van der Waals surface area contributed by atoms with Gasteiger partial charge in [-0.15, -0.1) is 0 Å². The van der Waals surface area contributed by atoms with Crippen molar-refractivity contribution in [1.29, 1.82) is 0 Å². The first-order valence-corrected chi connectivity index (χ1v) is 7.02. The van der Waals surface area contributed by atoms with Crippen molar-refractivity contribution in [2.75, 3.05) is 0 Å². The van der Waals surface area contributed by atoms with E-state index in [2.05, 4.69) is 4.98 Å². The van der Waals surface area contributed by atoms with Crippen LogP contribution in [0.3, 0.4) is 0 Å².